The molecule has 0 aliphatic rings. The van der Waals surface area contributed by atoms with Gasteiger partial charge in [-0.3, -0.25) is 9.78 Å². The van der Waals surface area contributed by atoms with E-state index in [-0.39, 0.29) is 5.91 Å². The molecule has 1 amide bonds. The highest BCUT2D eigenvalue weighted by Crippen LogP contribution is 2.24. The normalized spacial score (nSPS) is 11.4. The average Bonchev–Trinajstić information content (AvgIpc) is 3.14. The first kappa shape index (κ1) is 18.7. The van der Waals surface area contributed by atoms with Crippen molar-refractivity contribution in [3.8, 4) is 11.3 Å². The highest BCUT2D eigenvalue weighted by molar-refractivity contribution is 6.08. The predicted molar refractivity (Wildman–Crippen MR) is 123 cm³/mol. The van der Waals surface area contributed by atoms with E-state index in [0.717, 1.165) is 38.6 Å². The Morgan fingerprint density at radius 2 is 1.74 bits per heavy atom. The number of aromatic nitrogens is 3. The van der Waals surface area contributed by atoms with Crippen LogP contribution in [0.5, 0.6) is 0 Å². The summed E-state index contributed by atoms with van der Waals surface area (Å²) in [5.41, 5.74) is 8.53. The fraction of sp³-hybridized carbons (Fsp3) is 0.0400. The molecule has 3 aromatic heterocycles. The molecule has 0 spiro atoms. The molecule has 0 saturated heterocycles. The van der Waals surface area contributed by atoms with Gasteiger partial charge >= 0.3 is 0 Å². The summed E-state index contributed by atoms with van der Waals surface area (Å²) < 4.78 is 0. The minimum Gasteiger partial charge on any atom is -0.358 e. The first-order valence-electron chi connectivity index (χ1n) is 9.91. The largest absolute Gasteiger partial charge is 0.358 e. The number of aryl methyl sites for hydroxylation is 1. The van der Waals surface area contributed by atoms with Crippen LogP contribution in [0.25, 0.3) is 33.1 Å². The SMILES string of the molecule is Cc1[nH]c2ccccc2c1/C=N\NC(=O)c1cc(-c2ccncc2)nc2ccccc12. The molecule has 0 radical (unpaired) electrons. The standard InChI is InChI=1S/C25H19N5O/c1-16-21(19-7-3-4-8-22(19)28-16)15-27-30-25(31)20-14-24(17-10-12-26-13-11-17)29-23-9-5-2-6-18(20)23/h2-15,28H,1H3,(H,30,31)/b27-15-. The smallest absolute Gasteiger partial charge is 0.272 e. The van der Waals surface area contributed by atoms with Crippen LogP contribution in [0.15, 0.2) is 84.2 Å². The molecule has 0 bridgehead atoms. The molecule has 6 nitrogen and oxygen atoms in total. The van der Waals surface area contributed by atoms with E-state index in [1.807, 2.05) is 67.6 Å². The number of benzene rings is 2. The van der Waals surface area contributed by atoms with E-state index in [1.54, 1.807) is 24.7 Å². The lowest BCUT2D eigenvalue weighted by Crippen LogP contribution is -2.18. The number of hydrogen-bond acceptors (Lipinski definition) is 4. The van der Waals surface area contributed by atoms with Crippen molar-refractivity contribution in [2.75, 3.05) is 0 Å². The molecule has 6 heteroatoms. The quantitative estimate of drug-likeness (QED) is 0.331. The molecule has 0 unspecified atom stereocenters. The van der Waals surface area contributed by atoms with Gasteiger partial charge < -0.3 is 4.98 Å². The third kappa shape index (κ3) is 3.55. The molecule has 31 heavy (non-hydrogen) atoms. The zero-order valence-electron chi connectivity index (χ0n) is 16.8. The molecule has 0 fully saturated rings. The van der Waals surface area contributed by atoms with E-state index < -0.39 is 0 Å². The Morgan fingerprint density at radius 3 is 2.58 bits per heavy atom. The summed E-state index contributed by atoms with van der Waals surface area (Å²) in [7, 11) is 0. The summed E-state index contributed by atoms with van der Waals surface area (Å²) >= 11 is 0. The van der Waals surface area contributed by atoms with Crippen molar-refractivity contribution in [3.63, 3.8) is 0 Å². The molecule has 0 aliphatic carbocycles. The Labute approximate surface area is 178 Å². The maximum Gasteiger partial charge on any atom is 0.272 e. The average molecular weight is 405 g/mol. The first-order valence-corrected chi connectivity index (χ1v) is 9.91. The van der Waals surface area contributed by atoms with E-state index in [2.05, 4.69) is 20.5 Å². The van der Waals surface area contributed by atoms with Crippen LogP contribution < -0.4 is 5.43 Å². The molecular weight excluding hydrogens is 386 g/mol. The van der Waals surface area contributed by atoms with Gasteiger partial charge in [-0.1, -0.05) is 36.4 Å². The number of rotatable bonds is 4. The Morgan fingerprint density at radius 1 is 1.00 bits per heavy atom. The van der Waals surface area contributed by atoms with Gasteiger partial charge in [0.2, 0.25) is 0 Å². The van der Waals surface area contributed by atoms with E-state index in [4.69, 9.17) is 4.98 Å². The molecule has 3 heterocycles. The number of carbonyl (C=O) groups is 1. The van der Waals surface area contributed by atoms with Gasteiger partial charge in [-0.15, -0.1) is 0 Å². The monoisotopic (exact) mass is 405 g/mol. The zero-order chi connectivity index (χ0) is 21.2. The van der Waals surface area contributed by atoms with Crippen LogP contribution in [0.3, 0.4) is 0 Å². The molecule has 5 rings (SSSR count). The second-order valence-electron chi connectivity index (χ2n) is 7.22. The maximum atomic E-state index is 13.0. The van der Waals surface area contributed by atoms with Gasteiger partial charge in [-0.25, -0.2) is 10.4 Å². The number of nitrogens with one attached hydrogen (secondary N) is 2. The minimum absolute atomic E-state index is 0.289. The van der Waals surface area contributed by atoms with Crippen LogP contribution in [-0.4, -0.2) is 27.1 Å². The molecule has 150 valence electrons. The lowest BCUT2D eigenvalue weighted by atomic mass is 10.0. The summed E-state index contributed by atoms with van der Waals surface area (Å²) in [6, 6.07) is 21.1. The molecule has 5 aromatic rings. The van der Waals surface area contributed by atoms with Gasteiger partial charge in [0.25, 0.3) is 5.91 Å². The number of H-pyrrole nitrogens is 1. The van der Waals surface area contributed by atoms with Crippen molar-refractivity contribution in [2.45, 2.75) is 6.92 Å². The number of pyridine rings is 2. The molecule has 0 aliphatic heterocycles. The van der Waals surface area contributed by atoms with Gasteiger partial charge in [0.1, 0.15) is 0 Å². The van der Waals surface area contributed by atoms with E-state index in [9.17, 15) is 4.79 Å². The third-order valence-electron chi connectivity index (χ3n) is 5.24. The molecule has 0 atom stereocenters. The second kappa shape index (κ2) is 7.84. The van der Waals surface area contributed by atoms with Crippen LogP contribution in [0.2, 0.25) is 0 Å². The Balaban J connectivity index is 1.49. The van der Waals surface area contributed by atoms with Crippen molar-refractivity contribution >= 4 is 33.9 Å². The van der Waals surface area contributed by atoms with Crippen LogP contribution in [-0.2, 0) is 0 Å². The number of para-hydroxylation sites is 2. The third-order valence-corrected chi connectivity index (χ3v) is 5.24. The second-order valence-corrected chi connectivity index (χ2v) is 7.22. The van der Waals surface area contributed by atoms with Crippen LogP contribution >= 0.6 is 0 Å². The number of aromatic amines is 1. The van der Waals surface area contributed by atoms with Gasteiger partial charge in [0, 0.05) is 45.5 Å². The number of fused-ring (bicyclic) bond motifs is 2. The summed E-state index contributed by atoms with van der Waals surface area (Å²) in [6.07, 6.45) is 5.10. The number of hydrogen-bond donors (Lipinski definition) is 2. The van der Waals surface area contributed by atoms with Crippen LogP contribution in [0.1, 0.15) is 21.6 Å². The highest BCUT2D eigenvalue weighted by atomic mass is 16.2. The van der Waals surface area contributed by atoms with Crippen molar-refractivity contribution < 1.29 is 4.79 Å². The summed E-state index contributed by atoms with van der Waals surface area (Å²) in [4.78, 5) is 25.1. The van der Waals surface area contributed by atoms with Gasteiger partial charge in [0.05, 0.1) is 23.0 Å². The number of amides is 1. The van der Waals surface area contributed by atoms with Gasteiger partial charge in [0.15, 0.2) is 0 Å². The molecule has 2 aromatic carbocycles. The Hall–Kier alpha value is -4.32. The topological polar surface area (TPSA) is 83.0 Å². The molecule has 2 N–H and O–H groups in total. The molecular formula is C25H19N5O. The fourth-order valence-electron chi connectivity index (χ4n) is 3.71. The summed E-state index contributed by atoms with van der Waals surface area (Å²) in [5, 5.41) is 6.07. The van der Waals surface area contributed by atoms with Crippen molar-refractivity contribution in [2.24, 2.45) is 5.10 Å². The van der Waals surface area contributed by atoms with E-state index in [0.29, 0.717) is 11.3 Å². The zero-order valence-corrected chi connectivity index (χ0v) is 16.8. The fourth-order valence-corrected chi connectivity index (χ4v) is 3.71. The summed E-state index contributed by atoms with van der Waals surface area (Å²) in [6.45, 7) is 1.99. The predicted octanol–water partition coefficient (Wildman–Crippen LogP) is 4.85. The van der Waals surface area contributed by atoms with E-state index in [1.165, 1.54) is 0 Å². The maximum absolute atomic E-state index is 13.0. The number of nitrogens with zero attached hydrogens (tertiary/aromatic N) is 3. The van der Waals surface area contributed by atoms with Crippen molar-refractivity contribution in [1.29, 1.82) is 0 Å². The Bertz CT molecular complexity index is 1440. The lowest BCUT2D eigenvalue weighted by Gasteiger charge is -2.09. The first-order chi connectivity index (χ1) is 15.2. The van der Waals surface area contributed by atoms with Crippen LogP contribution in [0.4, 0.5) is 0 Å². The van der Waals surface area contributed by atoms with Gasteiger partial charge in [-0.2, -0.15) is 5.10 Å². The van der Waals surface area contributed by atoms with Crippen LogP contribution in [0, 0.1) is 6.92 Å². The van der Waals surface area contributed by atoms with Gasteiger partial charge in [-0.05, 0) is 37.3 Å². The van der Waals surface area contributed by atoms with Crippen molar-refractivity contribution in [3.05, 3.63) is 95.9 Å². The van der Waals surface area contributed by atoms with Crippen molar-refractivity contribution in [1.82, 2.24) is 20.4 Å². The van der Waals surface area contributed by atoms with E-state index >= 15 is 0 Å². The number of hydrazone groups is 1. The molecule has 0 saturated carbocycles. The summed E-state index contributed by atoms with van der Waals surface area (Å²) in [5.74, 6) is -0.289. The Kier molecular flexibility index (Phi) is 4.72. The minimum atomic E-state index is -0.289. The number of carbonyl (C=O) groups excluding carboxylic acids is 1. The highest BCUT2D eigenvalue weighted by Gasteiger charge is 2.14. The lowest BCUT2D eigenvalue weighted by molar-refractivity contribution is 0.0956.